The highest BCUT2D eigenvalue weighted by Gasteiger charge is 2.42. The Morgan fingerprint density at radius 1 is 0.921 bits per heavy atom. The summed E-state index contributed by atoms with van der Waals surface area (Å²) < 4.78 is 12.3. The van der Waals surface area contributed by atoms with Gasteiger partial charge in [-0.1, -0.05) is 74.6 Å². The zero-order chi connectivity index (χ0) is 44.3. The monoisotopic (exact) mass is 868 g/mol. The van der Waals surface area contributed by atoms with Gasteiger partial charge in [-0.3, -0.25) is 0 Å². The number of benzene rings is 2. The lowest BCUT2D eigenvalue weighted by Gasteiger charge is -2.35. The van der Waals surface area contributed by atoms with Gasteiger partial charge in [-0.2, -0.15) is 0 Å². The van der Waals surface area contributed by atoms with Crippen LogP contribution in [0, 0.1) is 17.8 Å². The maximum absolute atomic E-state index is 11.4. The molecule has 10 N–H and O–H groups in total. The number of aliphatic hydroxyl groups is 5. The summed E-state index contributed by atoms with van der Waals surface area (Å²) in [6, 6.07) is 17.5. The number of H-pyrrole nitrogens is 1. The fourth-order valence-electron chi connectivity index (χ4n) is 10.8. The van der Waals surface area contributed by atoms with E-state index in [4.69, 9.17) is 14.9 Å². The molecule has 3 aliphatic carbocycles. The number of aromatic nitrogens is 1. The van der Waals surface area contributed by atoms with Gasteiger partial charge in [0.25, 0.3) is 0 Å². The molecule has 0 spiro atoms. The van der Waals surface area contributed by atoms with Crippen molar-refractivity contribution in [3.05, 3.63) is 111 Å². The molecule has 4 aromatic rings. The smallest absolute Gasteiger partial charge is 0.161 e. The van der Waals surface area contributed by atoms with Crippen molar-refractivity contribution in [1.82, 2.24) is 10.3 Å². The van der Waals surface area contributed by atoms with Crippen molar-refractivity contribution in [3.8, 4) is 11.5 Å². The number of aromatic amines is 1. The average Bonchev–Trinajstić information content (AvgIpc) is 4.02. The van der Waals surface area contributed by atoms with Gasteiger partial charge in [-0.15, -0.1) is 0 Å². The van der Waals surface area contributed by atoms with E-state index in [-0.39, 0.29) is 49.5 Å². The Morgan fingerprint density at radius 2 is 1.76 bits per heavy atom. The molecule has 2 aromatic heterocycles. The number of phenolic OH excluding ortho intramolecular Hbond substituents is 1. The molecule has 344 valence electrons. The third kappa shape index (κ3) is 12.2. The fraction of sp³-hybridized carbons (Fsp3) is 0.577. The van der Waals surface area contributed by atoms with Crippen LogP contribution in [-0.4, -0.2) is 73.6 Å². The second-order valence-electron chi connectivity index (χ2n) is 18.8. The molecule has 9 atom stereocenters. The number of aliphatic hydroxyl groups excluding tert-OH is 5. The predicted molar refractivity (Wildman–Crippen MR) is 246 cm³/mol. The van der Waals surface area contributed by atoms with E-state index in [0.29, 0.717) is 49.1 Å². The topological polar surface area (TPSA) is 198 Å². The van der Waals surface area contributed by atoms with Gasteiger partial charge in [0.15, 0.2) is 11.5 Å². The maximum atomic E-state index is 11.4. The Hall–Kier alpha value is -3.94. The lowest BCUT2D eigenvalue weighted by Crippen LogP contribution is -2.42. The van der Waals surface area contributed by atoms with E-state index >= 15 is 0 Å². The van der Waals surface area contributed by atoms with Crippen LogP contribution in [0.4, 0.5) is 0 Å². The summed E-state index contributed by atoms with van der Waals surface area (Å²) in [6.45, 7) is 2.30. The highest BCUT2D eigenvalue weighted by molar-refractivity contribution is 5.57. The van der Waals surface area contributed by atoms with E-state index in [1.165, 1.54) is 18.4 Å². The van der Waals surface area contributed by atoms with Gasteiger partial charge in [-0.25, -0.2) is 0 Å². The van der Waals surface area contributed by atoms with Crippen LogP contribution in [0.25, 0.3) is 6.08 Å². The number of hydrogen-bond acceptors (Lipinski definition) is 10. The van der Waals surface area contributed by atoms with E-state index in [1.807, 2.05) is 42.5 Å². The molecule has 63 heavy (non-hydrogen) atoms. The van der Waals surface area contributed by atoms with E-state index in [2.05, 4.69) is 28.5 Å². The SMILES string of the molecule is C[C@H](O)CN[C@H](CCCO)[C@@H]1c2cc([C@@H](O)COc3cc(CCc4cc(CO)c(CCCCCC[C@H](N)C[C@@H]5C=Cc6ccccc6[C@H]5O)o4)ccc3O)[nH]c2CC[C@H]2CCC[C@@H]21. The van der Waals surface area contributed by atoms with Gasteiger partial charge in [0.2, 0.25) is 0 Å². The number of hydrogen-bond donors (Lipinski definition) is 9. The molecule has 3 aliphatic rings. The zero-order valence-electron chi connectivity index (χ0n) is 37.3. The molecule has 2 heterocycles. The molecular weight excluding hydrogens is 795 g/mol. The number of nitrogens with one attached hydrogen (secondary N) is 2. The summed E-state index contributed by atoms with van der Waals surface area (Å²) in [6.07, 6.45) is 17.2. The van der Waals surface area contributed by atoms with Crippen molar-refractivity contribution in [2.45, 2.75) is 153 Å². The number of unbranched alkanes of at least 4 members (excludes halogenated alkanes) is 3. The number of phenols is 1. The molecule has 0 bridgehead atoms. The summed E-state index contributed by atoms with van der Waals surface area (Å²) >= 11 is 0. The minimum Gasteiger partial charge on any atom is -0.504 e. The Morgan fingerprint density at radius 3 is 2.59 bits per heavy atom. The van der Waals surface area contributed by atoms with Crippen molar-refractivity contribution in [2.24, 2.45) is 23.5 Å². The molecule has 1 fully saturated rings. The van der Waals surface area contributed by atoms with Crippen molar-refractivity contribution in [1.29, 1.82) is 0 Å². The maximum Gasteiger partial charge on any atom is 0.161 e. The van der Waals surface area contributed by atoms with Crippen molar-refractivity contribution in [2.75, 3.05) is 19.8 Å². The van der Waals surface area contributed by atoms with Crippen LogP contribution in [0.3, 0.4) is 0 Å². The summed E-state index contributed by atoms with van der Waals surface area (Å²) in [5, 5.41) is 66.7. The molecular formula is C52H73N3O8. The van der Waals surface area contributed by atoms with Crippen LogP contribution in [-0.2, 0) is 32.3 Å². The van der Waals surface area contributed by atoms with Gasteiger partial charge in [0.05, 0.1) is 18.8 Å². The molecule has 0 amide bonds. The standard InChI is InChI=1S/C52H73N3O8/c1-33(58)30-54-45(15-9-25-56)51-41-14-8-11-35(41)21-23-44-43(51)29-46(55-44)48(60)32-62-50-26-34(18-24-47(50)59)17-22-40-28-38(31-57)49(63-40)16-5-3-2-4-12-39(53)27-37-20-19-36-10-6-7-13-42(36)52(37)61/h6-7,10,13,18-20,24,26,28-29,33,35,37,39,41,45,48,51-52,54-61H,2-5,8-9,11-12,14-17,21-23,25,27,30-32,53H2,1H3/t33-,35+,37-,39-,41-,45+,48-,51-,52-/m0/s1. The average molecular weight is 868 g/mol. The highest BCUT2D eigenvalue weighted by Crippen LogP contribution is 2.49. The molecule has 0 saturated heterocycles. The third-order valence-electron chi connectivity index (χ3n) is 14.1. The Balaban J connectivity index is 0.877. The number of furan rings is 1. The lowest BCUT2D eigenvalue weighted by molar-refractivity contribution is 0.103. The fourth-order valence-corrected chi connectivity index (χ4v) is 10.8. The van der Waals surface area contributed by atoms with Gasteiger partial charge >= 0.3 is 0 Å². The van der Waals surface area contributed by atoms with E-state index in [9.17, 15) is 30.6 Å². The highest BCUT2D eigenvalue weighted by atomic mass is 16.5. The first-order chi connectivity index (χ1) is 30.6. The first kappa shape index (κ1) is 47.0. The Bertz CT molecular complexity index is 2060. The van der Waals surface area contributed by atoms with Crippen molar-refractivity contribution in [3.63, 3.8) is 0 Å². The number of aryl methyl sites for hydroxylation is 4. The quantitative estimate of drug-likeness (QED) is 0.0313. The van der Waals surface area contributed by atoms with Crippen LogP contribution in [0.1, 0.15) is 153 Å². The van der Waals surface area contributed by atoms with Gasteiger partial charge in [0.1, 0.15) is 24.2 Å². The lowest BCUT2D eigenvalue weighted by atomic mass is 9.75. The minimum atomic E-state index is -0.935. The van der Waals surface area contributed by atoms with E-state index in [1.54, 1.807) is 13.0 Å². The van der Waals surface area contributed by atoms with Crippen molar-refractivity contribution >= 4 is 6.08 Å². The molecule has 7 rings (SSSR count). The second-order valence-corrected chi connectivity index (χ2v) is 18.8. The summed E-state index contributed by atoms with van der Waals surface area (Å²) in [4.78, 5) is 3.56. The van der Waals surface area contributed by atoms with Gasteiger partial charge in [0, 0.05) is 66.9 Å². The predicted octanol–water partition coefficient (Wildman–Crippen LogP) is 7.85. The molecule has 11 heteroatoms. The number of nitrogens with two attached hydrogens (primary N) is 1. The third-order valence-corrected chi connectivity index (χ3v) is 14.1. The molecule has 1 saturated carbocycles. The number of rotatable bonds is 24. The summed E-state index contributed by atoms with van der Waals surface area (Å²) in [7, 11) is 0. The number of ether oxygens (including phenoxy) is 1. The Kier molecular flexibility index (Phi) is 17.0. The normalized spacial score (nSPS) is 22.5. The summed E-state index contributed by atoms with van der Waals surface area (Å²) in [5.41, 5.74) is 13.4. The molecule has 0 unspecified atom stereocenters. The van der Waals surface area contributed by atoms with Crippen LogP contribution in [0.5, 0.6) is 11.5 Å². The van der Waals surface area contributed by atoms with Crippen molar-refractivity contribution < 1.29 is 39.8 Å². The first-order valence-electron chi connectivity index (χ1n) is 23.9. The van der Waals surface area contributed by atoms with Crippen LogP contribution >= 0.6 is 0 Å². The first-order valence-corrected chi connectivity index (χ1v) is 23.9. The second kappa shape index (κ2) is 22.8. The van der Waals surface area contributed by atoms with Crippen LogP contribution < -0.4 is 15.8 Å². The molecule has 11 nitrogen and oxygen atoms in total. The zero-order valence-corrected chi connectivity index (χ0v) is 37.3. The minimum absolute atomic E-state index is 0.00707. The molecule has 0 aliphatic heterocycles. The number of fused-ring (bicyclic) bond motifs is 3. The van der Waals surface area contributed by atoms with Gasteiger partial charge < -0.3 is 55.8 Å². The Labute approximate surface area is 373 Å². The largest absolute Gasteiger partial charge is 0.504 e. The van der Waals surface area contributed by atoms with E-state index in [0.717, 1.165) is 110 Å². The van der Waals surface area contributed by atoms with Crippen LogP contribution in [0.15, 0.2) is 65.1 Å². The molecule has 2 aromatic carbocycles. The summed E-state index contributed by atoms with van der Waals surface area (Å²) in [5.74, 6) is 3.36. The van der Waals surface area contributed by atoms with E-state index < -0.39 is 18.3 Å². The number of aromatic hydroxyl groups is 1. The van der Waals surface area contributed by atoms with Gasteiger partial charge in [-0.05, 0) is 123 Å². The van der Waals surface area contributed by atoms with Crippen LogP contribution in [0.2, 0.25) is 0 Å². The molecule has 0 radical (unpaired) electrons.